The molecule has 0 unspecified atom stereocenters. The first-order valence-electron chi connectivity index (χ1n) is 5.33. The topological polar surface area (TPSA) is 112 Å². The van der Waals surface area contributed by atoms with Crippen LogP contribution in [-0.2, 0) is 4.79 Å². The molecule has 0 saturated heterocycles. The SMILES string of the molecule is O=C(O)CSc1nnc(NC(=O)c2ccc(O)cc2)s1. The molecule has 0 saturated carbocycles. The van der Waals surface area contributed by atoms with Crippen molar-refractivity contribution in [3.05, 3.63) is 29.8 Å². The molecule has 1 amide bonds. The summed E-state index contributed by atoms with van der Waals surface area (Å²) in [6, 6.07) is 5.77. The second-order valence-electron chi connectivity index (χ2n) is 3.56. The molecular formula is C11H9N3O4S2. The molecule has 0 aliphatic carbocycles. The number of nitrogens with zero attached hydrogens (tertiary/aromatic N) is 2. The number of hydrogen-bond acceptors (Lipinski definition) is 7. The molecule has 1 aromatic heterocycles. The molecule has 0 fully saturated rings. The number of benzene rings is 1. The number of hydrogen-bond donors (Lipinski definition) is 3. The number of thioether (sulfide) groups is 1. The molecule has 0 aliphatic heterocycles. The van der Waals surface area contributed by atoms with Crippen molar-refractivity contribution in [2.75, 3.05) is 11.1 Å². The maximum Gasteiger partial charge on any atom is 0.313 e. The van der Waals surface area contributed by atoms with E-state index in [-0.39, 0.29) is 22.5 Å². The Kier molecular flexibility index (Phi) is 4.53. The van der Waals surface area contributed by atoms with Crippen LogP contribution < -0.4 is 5.32 Å². The van der Waals surface area contributed by atoms with Crippen LogP contribution >= 0.6 is 23.1 Å². The second-order valence-corrected chi connectivity index (χ2v) is 5.76. The van der Waals surface area contributed by atoms with Crippen LogP contribution in [0.2, 0.25) is 0 Å². The molecule has 0 atom stereocenters. The first kappa shape index (κ1) is 14.3. The summed E-state index contributed by atoms with van der Waals surface area (Å²) in [5.41, 5.74) is 0.373. The van der Waals surface area contributed by atoms with E-state index in [1.807, 2.05) is 0 Å². The molecule has 9 heteroatoms. The molecule has 0 aliphatic rings. The number of phenolic OH excluding ortho intramolecular Hbond substituents is 1. The van der Waals surface area contributed by atoms with E-state index >= 15 is 0 Å². The highest BCUT2D eigenvalue weighted by atomic mass is 32.2. The molecule has 20 heavy (non-hydrogen) atoms. The van der Waals surface area contributed by atoms with Crippen LogP contribution in [0.1, 0.15) is 10.4 Å². The van der Waals surface area contributed by atoms with Crippen LogP contribution in [0, 0.1) is 0 Å². The number of rotatable bonds is 5. The van der Waals surface area contributed by atoms with E-state index in [9.17, 15) is 9.59 Å². The van der Waals surface area contributed by atoms with Crippen molar-refractivity contribution in [3.8, 4) is 5.75 Å². The van der Waals surface area contributed by atoms with Crippen molar-refractivity contribution in [1.29, 1.82) is 0 Å². The molecule has 0 spiro atoms. The molecule has 7 nitrogen and oxygen atoms in total. The molecule has 1 aromatic carbocycles. The minimum absolute atomic E-state index is 0.0739. The second kappa shape index (κ2) is 6.35. The lowest BCUT2D eigenvalue weighted by Crippen LogP contribution is -2.11. The van der Waals surface area contributed by atoms with Gasteiger partial charge in [0.05, 0.1) is 5.75 Å². The van der Waals surface area contributed by atoms with E-state index < -0.39 is 5.97 Å². The van der Waals surface area contributed by atoms with Crippen LogP contribution in [-0.4, -0.2) is 38.0 Å². The Morgan fingerprint density at radius 1 is 1.25 bits per heavy atom. The largest absolute Gasteiger partial charge is 0.508 e. The Labute approximate surface area is 121 Å². The number of aromatic hydroxyl groups is 1. The van der Waals surface area contributed by atoms with Crippen LogP contribution in [0.5, 0.6) is 5.75 Å². The quantitative estimate of drug-likeness (QED) is 0.568. The molecule has 3 N–H and O–H groups in total. The zero-order chi connectivity index (χ0) is 14.5. The standard InChI is InChI=1S/C11H9N3O4S2/c15-7-3-1-6(2-4-7)9(18)12-10-13-14-11(20-10)19-5-8(16)17/h1-4,15H,5H2,(H,16,17)(H,12,13,18). The van der Waals surface area contributed by atoms with Crippen molar-refractivity contribution in [2.45, 2.75) is 4.34 Å². The number of nitrogens with one attached hydrogen (secondary N) is 1. The predicted molar refractivity (Wildman–Crippen MR) is 74.3 cm³/mol. The number of carbonyl (C=O) groups is 2. The summed E-state index contributed by atoms with van der Waals surface area (Å²) in [6.07, 6.45) is 0. The Morgan fingerprint density at radius 3 is 2.60 bits per heavy atom. The number of aromatic nitrogens is 2. The van der Waals surface area contributed by atoms with E-state index in [1.54, 1.807) is 0 Å². The van der Waals surface area contributed by atoms with E-state index in [4.69, 9.17) is 10.2 Å². The van der Waals surface area contributed by atoms with Gasteiger partial charge in [-0.3, -0.25) is 14.9 Å². The zero-order valence-corrected chi connectivity index (χ0v) is 11.6. The van der Waals surface area contributed by atoms with Gasteiger partial charge in [0.1, 0.15) is 5.75 Å². The van der Waals surface area contributed by atoms with Gasteiger partial charge < -0.3 is 10.2 Å². The van der Waals surface area contributed by atoms with Gasteiger partial charge in [-0.05, 0) is 24.3 Å². The van der Waals surface area contributed by atoms with Crippen LogP contribution in [0.25, 0.3) is 0 Å². The summed E-state index contributed by atoms with van der Waals surface area (Å²) in [6.45, 7) is 0. The highest BCUT2D eigenvalue weighted by Gasteiger charge is 2.11. The Bertz CT molecular complexity index is 627. The summed E-state index contributed by atoms with van der Waals surface area (Å²) in [4.78, 5) is 22.3. The van der Waals surface area contributed by atoms with E-state index in [0.717, 1.165) is 23.1 Å². The van der Waals surface area contributed by atoms with E-state index in [1.165, 1.54) is 24.3 Å². The zero-order valence-electron chi connectivity index (χ0n) is 9.94. The van der Waals surface area contributed by atoms with Crippen LogP contribution in [0.4, 0.5) is 5.13 Å². The van der Waals surface area contributed by atoms with Gasteiger partial charge in [0, 0.05) is 5.56 Å². The molecule has 0 bridgehead atoms. The lowest BCUT2D eigenvalue weighted by Gasteiger charge is -2.00. The normalized spacial score (nSPS) is 10.2. The lowest BCUT2D eigenvalue weighted by molar-refractivity contribution is -0.133. The van der Waals surface area contributed by atoms with Gasteiger partial charge in [-0.25, -0.2) is 0 Å². The third kappa shape index (κ3) is 3.93. The average Bonchev–Trinajstić information content (AvgIpc) is 2.84. The smallest absolute Gasteiger partial charge is 0.313 e. The van der Waals surface area contributed by atoms with Gasteiger partial charge >= 0.3 is 5.97 Å². The summed E-state index contributed by atoms with van der Waals surface area (Å²) in [7, 11) is 0. The monoisotopic (exact) mass is 311 g/mol. The van der Waals surface area contributed by atoms with Crippen molar-refractivity contribution in [3.63, 3.8) is 0 Å². The number of carboxylic acids is 1. The van der Waals surface area contributed by atoms with E-state index in [0.29, 0.717) is 9.90 Å². The Morgan fingerprint density at radius 2 is 1.95 bits per heavy atom. The van der Waals surface area contributed by atoms with Gasteiger partial charge in [0.2, 0.25) is 5.13 Å². The summed E-state index contributed by atoms with van der Waals surface area (Å²) < 4.78 is 0.466. The predicted octanol–water partition coefficient (Wildman–Crippen LogP) is 1.67. The number of carboxylic acid groups (broad SMARTS) is 1. The number of anilines is 1. The number of amides is 1. The van der Waals surface area contributed by atoms with Gasteiger partial charge in [-0.15, -0.1) is 10.2 Å². The number of aliphatic carboxylic acids is 1. The summed E-state index contributed by atoms with van der Waals surface area (Å²) in [5.74, 6) is -1.36. The van der Waals surface area contributed by atoms with Crippen molar-refractivity contribution in [2.24, 2.45) is 0 Å². The molecular weight excluding hydrogens is 302 g/mol. The maximum atomic E-state index is 11.8. The first-order valence-corrected chi connectivity index (χ1v) is 7.13. The van der Waals surface area contributed by atoms with Gasteiger partial charge in [-0.2, -0.15) is 0 Å². The Balaban J connectivity index is 1.97. The summed E-state index contributed by atoms with van der Waals surface area (Å²) in [5, 5.41) is 28.0. The van der Waals surface area contributed by atoms with Crippen LogP contribution in [0.15, 0.2) is 28.6 Å². The highest BCUT2D eigenvalue weighted by Crippen LogP contribution is 2.25. The molecule has 2 rings (SSSR count). The maximum absolute atomic E-state index is 11.8. The number of carbonyl (C=O) groups excluding carboxylic acids is 1. The van der Waals surface area contributed by atoms with Gasteiger partial charge in [0.15, 0.2) is 4.34 Å². The lowest BCUT2D eigenvalue weighted by atomic mass is 10.2. The minimum atomic E-state index is -0.945. The highest BCUT2D eigenvalue weighted by molar-refractivity contribution is 8.01. The van der Waals surface area contributed by atoms with Gasteiger partial charge in [-0.1, -0.05) is 23.1 Å². The third-order valence-electron chi connectivity index (χ3n) is 2.08. The fourth-order valence-corrected chi connectivity index (χ4v) is 2.69. The molecule has 0 radical (unpaired) electrons. The average molecular weight is 311 g/mol. The number of phenols is 1. The first-order chi connectivity index (χ1) is 9.54. The van der Waals surface area contributed by atoms with Crippen molar-refractivity contribution in [1.82, 2.24) is 10.2 Å². The fraction of sp³-hybridized carbons (Fsp3) is 0.0909. The third-order valence-corrected chi connectivity index (χ3v) is 4.03. The molecule has 104 valence electrons. The van der Waals surface area contributed by atoms with Crippen LogP contribution in [0.3, 0.4) is 0 Å². The van der Waals surface area contributed by atoms with Crippen molar-refractivity contribution < 1.29 is 19.8 Å². The van der Waals surface area contributed by atoms with Crippen molar-refractivity contribution >= 4 is 40.1 Å². The minimum Gasteiger partial charge on any atom is -0.508 e. The van der Waals surface area contributed by atoms with E-state index in [2.05, 4.69) is 15.5 Å². The van der Waals surface area contributed by atoms with Gasteiger partial charge in [0.25, 0.3) is 5.91 Å². The molecule has 1 heterocycles. The fourth-order valence-electron chi connectivity index (χ4n) is 1.22. The molecule has 2 aromatic rings. The summed E-state index contributed by atoms with van der Waals surface area (Å²) >= 11 is 2.13. The Hall–Kier alpha value is -2.13.